The summed E-state index contributed by atoms with van der Waals surface area (Å²) in [5.41, 5.74) is -1.32. The lowest BCUT2D eigenvalue weighted by atomic mass is 10.00. The van der Waals surface area contributed by atoms with Crippen LogP contribution in [0.3, 0.4) is 0 Å². The number of carbonyl (C=O) groups is 2. The number of aliphatic carboxylic acids is 1. The van der Waals surface area contributed by atoms with Crippen LogP contribution >= 0.6 is 0 Å². The average Bonchev–Trinajstić information content (AvgIpc) is 2.68. The summed E-state index contributed by atoms with van der Waals surface area (Å²) in [5.74, 6) is -0.337. The number of aryl methyl sites for hydroxylation is 1. The first-order chi connectivity index (χ1) is 8.82. The van der Waals surface area contributed by atoms with E-state index in [0.717, 1.165) is 0 Å². The van der Waals surface area contributed by atoms with Gasteiger partial charge in [-0.15, -0.1) is 0 Å². The van der Waals surface area contributed by atoms with Gasteiger partial charge in [0.1, 0.15) is 5.54 Å². The highest BCUT2D eigenvalue weighted by molar-refractivity contribution is 5.93. The number of aromatic nitrogens is 2. The molecule has 1 aromatic heterocycles. The van der Waals surface area contributed by atoms with Crippen LogP contribution in [0.5, 0.6) is 5.88 Å². The van der Waals surface area contributed by atoms with Gasteiger partial charge in [0.2, 0.25) is 5.88 Å². The van der Waals surface area contributed by atoms with Gasteiger partial charge in [-0.3, -0.25) is 5.32 Å². The quantitative estimate of drug-likeness (QED) is 0.734. The van der Waals surface area contributed by atoms with E-state index in [4.69, 9.17) is 9.84 Å². The number of anilines is 1. The number of hydrogen-bond donors (Lipinski definition) is 3. The maximum atomic E-state index is 11.7. The molecule has 0 aromatic carbocycles. The number of hydrogen-bond acceptors (Lipinski definition) is 4. The van der Waals surface area contributed by atoms with Gasteiger partial charge < -0.3 is 15.2 Å². The Kier molecular flexibility index (Phi) is 4.36. The summed E-state index contributed by atoms with van der Waals surface area (Å²) in [6, 6.07) is 0.899. The molecule has 0 bridgehead atoms. The number of carbonyl (C=O) groups excluding carboxylic acids is 1. The summed E-state index contributed by atoms with van der Waals surface area (Å²) in [5, 5.41) is 17.9. The zero-order valence-corrected chi connectivity index (χ0v) is 11.4. The molecule has 0 spiro atoms. The lowest BCUT2D eigenvalue weighted by Gasteiger charge is -2.24. The number of nitrogens with one attached hydrogen (secondary N) is 2. The number of carboxylic acids is 1. The van der Waals surface area contributed by atoms with E-state index < -0.39 is 17.5 Å². The number of urea groups is 1. The van der Waals surface area contributed by atoms with Crippen LogP contribution in [0.15, 0.2) is 6.07 Å². The average molecular weight is 270 g/mol. The minimum atomic E-state index is -1.32. The molecular weight excluding hydrogens is 252 g/mol. The van der Waals surface area contributed by atoms with Gasteiger partial charge in [-0.1, -0.05) is 6.92 Å². The van der Waals surface area contributed by atoms with Gasteiger partial charge in [0, 0.05) is 13.1 Å². The van der Waals surface area contributed by atoms with Crippen LogP contribution in [0.2, 0.25) is 0 Å². The molecule has 0 saturated heterocycles. The second kappa shape index (κ2) is 5.59. The first-order valence-corrected chi connectivity index (χ1v) is 5.73. The normalized spacial score (nSPS) is 13.5. The largest absolute Gasteiger partial charge is 0.481 e. The molecule has 1 heterocycles. The van der Waals surface area contributed by atoms with Crippen molar-refractivity contribution in [2.75, 3.05) is 12.4 Å². The summed E-state index contributed by atoms with van der Waals surface area (Å²) >= 11 is 0. The third kappa shape index (κ3) is 3.36. The third-order valence-corrected chi connectivity index (χ3v) is 2.86. The SMILES string of the molecule is CCC(C)(NC(=O)Nc1cc(OC)n(C)n1)C(=O)O. The molecule has 3 N–H and O–H groups in total. The summed E-state index contributed by atoms with van der Waals surface area (Å²) in [6.45, 7) is 3.12. The maximum Gasteiger partial charge on any atom is 0.329 e. The Bertz CT molecular complexity index is 485. The summed E-state index contributed by atoms with van der Waals surface area (Å²) in [7, 11) is 3.15. The van der Waals surface area contributed by atoms with Gasteiger partial charge in [-0.05, 0) is 13.3 Å². The minimum Gasteiger partial charge on any atom is -0.481 e. The van der Waals surface area contributed by atoms with E-state index in [2.05, 4.69) is 15.7 Å². The van der Waals surface area contributed by atoms with Crippen LogP contribution in [0.4, 0.5) is 10.6 Å². The molecule has 0 aliphatic heterocycles. The van der Waals surface area contributed by atoms with Crippen molar-refractivity contribution in [3.8, 4) is 5.88 Å². The van der Waals surface area contributed by atoms with E-state index in [1.54, 1.807) is 14.0 Å². The summed E-state index contributed by atoms with van der Waals surface area (Å²) in [4.78, 5) is 22.8. The Morgan fingerprint density at radius 1 is 1.58 bits per heavy atom. The van der Waals surface area contributed by atoms with E-state index in [0.29, 0.717) is 5.88 Å². The van der Waals surface area contributed by atoms with Crippen LogP contribution in [0.1, 0.15) is 20.3 Å². The molecule has 0 aliphatic rings. The van der Waals surface area contributed by atoms with E-state index in [1.165, 1.54) is 24.8 Å². The molecule has 0 saturated carbocycles. The topological polar surface area (TPSA) is 105 Å². The number of amides is 2. The Labute approximate surface area is 110 Å². The van der Waals surface area contributed by atoms with Gasteiger partial charge >= 0.3 is 12.0 Å². The summed E-state index contributed by atoms with van der Waals surface area (Å²) in [6.07, 6.45) is 0.265. The number of nitrogens with zero attached hydrogens (tertiary/aromatic N) is 2. The zero-order valence-electron chi connectivity index (χ0n) is 11.4. The van der Waals surface area contributed by atoms with Crippen LogP contribution < -0.4 is 15.4 Å². The van der Waals surface area contributed by atoms with E-state index in [9.17, 15) is 9.59 Å². The van der Waals surface area contributed by atoms with Crippen LogP contribution in [-0.2, 0) is 11.8 Å². The van der Waals surface area contributed by atoms with Gasteiger partial charge in [-0.2, -0.15) is 5.10 Å². The lowest BCUT2D eigenvalue weighted by molar-refractivity contribution is -0.143. The van der Waals surface area contributed by atoms with Gasteiger partial charge in [0.25, 0.3) is 0 Å². The van der Waals surface area contributed by atoms with Crippen molar-refractivity contribution >= 4 is 17.8 Å². The van der Waals surface area contributed by atoms with Crippen molar-refractivity contribution < 1.29 is 19.4 Å². The highest BCUT2D eigenvalue weighted by Gasteiger charge is 2.32. The minimum absolute atomic E-state index is 0.265. The van der Waals surface area contributed by atoms with Crippen LogP contribution in [0, 0.1) is 0 Å². The highest BCUT2D eigenvalue weighted by Crippen LogP contribution is 2.15. The molecule has 1 rings (SSSR count). The van der Waals surface area contributed by atoms with Crippen molar-refractivity contribution in [3.63, 3.8) is 0 Å². The third-order valence-electron chi connectivity index (χ3n) is 2.86. The monoisotopic (exact) mass is 270 g/mol. The molecule has 8 heteroatoms. The lowest BCUT2D eigenvalue weighted by Crippen LogP contribution is -2.53. The van der Waals surface area contributed by atoms with Crippen molar-refractivity contribution in [3.05, 3.63) is 6.07 Å². The molecule has 1 atom stereocenters. The Morgan fingerprint density at radius 3 is 2.63 bits per heavy atom. The molecular formula is C11H18N4O4. The van der Waals surface area contributed by atoms with E-state index in [-0.39, 0.29) is 12.2 Å². The fourth-order valence-electron chi connectivity index (χ4n) is 1.39. The van der Waals surface area contributed by atoms with E-state index >= 15 is 0 Å². The molecule has 0 fully saturated rings. The number of rotatable bonds is 5. The number of ether oxygens (including phenoxy) is 1. The molecule has 1 unspecified atom stereocenters. The van der Waals surface area contributed by atoms with Crippen molar-refractivity contribution in [1.82, 2.24) is 15.1 Å². The Hall–Kier alpha value is -2.25. The predicted octanol–water partition coefficient (Wildman–Crippen LogP) is 0.803. The number of carboxylic acid groups (broad SMARTS) is 1. The second-order valence-electron chi connectivity index (χ2n) is 4.27. The van der Waals surface area contributed by atoms with Crippen molar-refractivity contribution in [2.24, 2.45) is 7.05 Å². The van der Waals surface area contributed by atoms with Crippen LogP contribution in [-0.4, -0.2) is 39.5 Å². The molecule has 106 valence electrons. The molecule has 1 aromatic rings. The van der Waals surface area contributed by atoms with Gasteiger partial charge in [0.05, 0.1) is 7.11 Å². The molecule has 2 amide bonds. The fourth-order valence-corrected chi connectivity index (χ4v) is 1.39. The van der Waals surface area contributed by atoms with Crippen molar-refractivity contribution in [2.45, 2.75) is 25.8 Å². The van der Waals surface area contributed by atoms with E-state index in [1.807, 2.05) is 0 Å². The standard InChI is InChI=1S/C11H18N4O4/c1-5-11(2,9(16)17)13-10(18)12-7-6-8(19-4)15(3)14-7/h6H,5H2,1-4H3,(H,16,17)(H2,12,13,14,18). The number of methoxy groups -OCH3 is 1. The molecule has 0 aliphatic carbocycles. The maximum absolute atomic E-state index is 11.7. The van der Waals surface area contributed by atoms with Crippen LogP contribution in [0.25, 0.3) is 0 Å². The zero-order chi connectivity index (χ0) is 14.6. The second-order valence-corrected chi connectivity index (χ2v) is 4.27. The highest BCUT2D eigenvalue weighted by atomic mass is 16.5. The van der Waals surface area contributed by atoms with Gasteiger partial charge in [0.15, 0.2) is 5.82 Å². The molecule has 8 nitrogen and oxygen atoms in total. The first kappa shape index (κ1) is 14.8. The molecule has 0 radical (unpaired) electrons. The Balaban J connectivity index is 2.72. The predicted molar refractivity (Wildman–Crippen MR) is 68.2 cm³/mol. The smallest absolute Gasteiger partial charge is 0.329 e. The summed E-state index contributed by atoms with van der Waals surface area (Å²) < 4.78 is 6.45. The Morgan fingerprint density at radius 2 is 2.21 bits per heavy atom. The first-order valence-electron chi connectivity index (χ1n) is 5.73. The molecule has 19 heavy (non-hydrogen) atoms. The van der Waals surface area contributed by atoms with Gasteiger partial charge in [-0.25, -0.2) is 14.3 Å². The van der Waals surface area contributed by atoms with Crippen molar-refractivity contribution in [1.29, 1.82) is 0 Å². The fraction of sp³-hybridized carbons (Fsp3) is 0.545.